The fourth-order valence-corrected chi connectivity index (χ4v) is 2.09. The van der Waals surface area contributed by atoms with Gasteiger partial charge < -0.3 is 9.47 Å². The van der Waals surface area contributed by atoms with Crippen molar-refractivity contribution < 1.29 is 14.3 Å². The largest absolute Gasteiger partial charge is 0.496 e. The van der Waals surface area contributed by atoms with E-state index in [2.05, 4.69) is 0 Å². The van der Waals surface area contributed by atoms with E-state index in [0.29, 0.717) is 12.4 Å². The highest BCUT2D eigenvalue weighted by molar-refractivity contribution is 5.75. The van der Waals surface area contributed by atoms with Crippen molar-refractivity contribution in [2.24, 2.45) is 0 Å². The molecule has 0 atom stereocenters. The first-order valence-corrected chi connectivity index (χ1v) is 6.62. The minimum absolute atomic E-state index is 0.220. The molecule has 0 fully saturated rings. The second kappa shape index (κ2) is 6.75. The summed E-state index contributed by atoms with van der Waals surface area (Å²) in [6.07, 6.45) is 0.220. The van der Waals surface area contributed by atoms with Crippen molar-refractivity contribution in [1.29, 1.82) is 0 Å². The van der Waals surface area contributed by atoms with Crippen LogP contribution in [0.4, 0.5) is 0 Å². The summed E-state index contributed by atoms with van der Waals surface area (Å²) in [5, 5.41) is 0. The van der Waals surface area contributed by atoms with Crippen LogP contribution < -0.4 is 4.74 Å². The lowest BCUT2D eigenvalue weighted by atomic mass is 10.0. The maximum Gasteiger partial charge on any atom is 0.310 e. The van der Waals surface area contributed by atoms with Crippen LogP contribution in [0, 0.1) is 0 Å². The predicted molar refractivity (Wildman–Crippen MR) is 78.8 cm³/mol. The average molecular weight is 270 g/mol. The number of hydrogen-bond acceptors (Lipinski definition) is 3. The zero-order valence-electron chi connectivity index (χ0n) is 11.8. The topological polar surface area (TPSA) is 35.5 Å². The summed E-state index contributed by atoms with van der Waals surface area (Å²) >= 11 is 0. The van der Waals surface area contributed by atoms with Crippen LogP contribution in [-0.2, 0) is 16.0 Å². The molecule has 0 saturated heterocycles. The Balaban J connectivity index is 2.31. The second-order valence-electron chi connectivity index (χ2n) is 4.37. The van der Waals surface area contributed by atoms with Gasteiger partial charge in [0.15, 0.2) is 0 Å². The molecule has 2 aromatic carbocycles. The van der Waals surface area contributed by atoms with Crippen LogP contribution in [0.1, 0.15) is 12.5 Å². The van der Waals surface area contributed by atoms with Gasteiger partial charge in [0, 0.05) is 5.56 Å². The number of ether oxygens (including phenoxy) is 2. The number of benzene rings is 2. The second-order valence-corrected chi connectivity index (χ2v) is 4.37. The molecule has 0 spiro atoms. The van der Waals surface area contributed by atoms with Crippen molar-refractivity contribution in [3.05, 3.63) is 54.1 Å². The van der Waals surface area contributed by atoms with Crippen molar-refractivity contribution in [1.82, 2.24) is 0 Å². The molecule has 0 N–H and O–H groups in total. The minimum atomic E-state index is -0.240. The third-order valence-corrected chi connectivity index (χ3v) is 3.03. The van der Waals surface area contributed by atoms with Gasteiger partial charge in [-0.1, -0.05) is 36.4 Å². The Labute approximate surface area is 119 Å². The smallest absolute Gasteiger partial charge is 0.310 e. The Morgan fingerprint density at radius 1 is 1.05 bits per heavy atom. The van der Waals surface area contributed by atoms with E-state index in [4.69, 9.17) is 9.47 Å². The molecule has 2 aromatic rings. The molecule has 0 bridgehead atoms. The highest BCUT2D eigenvalue weighted by atomic mass is 16.5. The van der Waals surface area contributed by atoms with E-state index in [-0.39, 0.29) is 12.4 Å². The maximum absolute atomic E-state index is 11.7. The fourth-order valence-electron chi connectivity index (χ4n) is 2.09. The van der Waals surface area contributed by atoms with Crippen molar-refractivity contribution in [2.45, 2.75) is 13.3 Å². The third kappa shape index (κ3) is 3.38. The third-order valence-electron chi connectivity index (χ3n) is 3.03. The Morgan fingerprint density at radius 2 is 1.80 bits per heavy atom. The minimum Gasteiger partial charge on any atom is -0.496 e. The molecule has 0 amide bonds. The summed E-state index contributed by atoms with van der Waals surface area (Å²) in [6, 6.07) is 15.9. The first-order valence-electron chi connectivity index (χ1n) is 6.62. The Bertz CT molecular complexity index is 576. The van der Waals surface area contributed by atoms with E-state index in [1.54, 1.807) is 14.0 Å². The number of hydrogen-bond donors (Lipinski definition) is 0. The van der Waals surface area contributed by atoms with Crippen molar-refractivity contribution in [3.8, 4) is 16.9 Å². The van der Waals surface area contributed by atoms with E-state index in [0.717, 1.165) is 16.7 Å². The fraction of sp³-hybridized carbons (Fsp3) is 0.235. The lowest BCUT2D eigenvalue weighted by Gasteiger charge is -2.10. The van der Waals surface area contributed by atoms with E-state index < -0.39 is 0 Å². The standard InChI is InChI=1S/C17H18O3/c1-3-20-17(18)12-15-11-14(9-10-16(15)19-2)13-7-5-4-6-8-13/h4-11H,3,12H2,1-2H3. The first kappa shape index (κ1) is 14.1. The molecule has 0 heterocycles. The SMILES string of the molecule is CCOC(=O)Cc1cc(-c2ccccc2)ccc1OC. The molecule has 0 aromatic heterocycles. The van der Waals surface area contributed by atoms with Crippen LogP contribution in [-0.4, -0.2) is 19.7 Å². The van der Waals surface area contributed by atoms with Gasteiger partial charge >= 0.3 is 5.97 Å². The van der Waals surface area contributed by atoms with Gasteiger partial charge in [0.05, 0.1) is 20.1 Å². The van der Waals surface area contributed by atoms with E-state index in [1.165, 1.54) is 0 Å². The van der Waals surface area contributed by atoms with Gasteiger partial charge in [-0.05, 0) is 30.2 Å². The van der Waals surface area contributed by atoms with E-state index >= 15 is 0 Å². The summed E-state index contributed by atoms with van der Waals surface area (Å²) in [4.78, 5) is 11.7. The number of carbonyl (C=O) groups is 1. The quantitative estimate of drug-likeness (QED) is 0.780. The highest BCUT2D eigenvalue weighted by Gasteiger charge is 2.11. The molecule has 3 heteroatoms. The van der Waals surface area contributed by atoms with Crippen molar-refractivity contribution in [2.75, 3.05) is 13.7 Å². The molecular formula is C17H18O3. The molecule has 0 aliphatic rings. The lowest BCUT2D eigenvalue weighted by Crippen LogP contribution is -2.08. The molecule has 0 aliphatic heterocycles. The number of esters is 1. The van der Waals surface area contributed by atoms with Gasteiger partial charge in [-0.2, -0.15) is 0 Å². The normalized spacial score (nSPS) is 10.1. The average Bonchev–Trinajstić information content (AvgIpc) is 2.48. The molecule has 0 radical (unpaired) electrons. The number of methoxy groups -OCH3 is 1. The van der Waals surface area contributed by atoms with Crippen molar-refractivity contribution in [3.63, 3.8) is 0 Å². The lowest BCUT2D eigenvalue weighted by molar-refractivity contribution is -0.142. The van der Waals surface area contributed by atoms with Crippen LogP contribution in [0.2, 0.25) is 0 Å². The highest BCUT2D eigenvalue weighted by Crippen LogP contribution is 2.27. The van der Waals surface area contributed by atoms with Gasteiger partial charge in [0.1, 0.15) is 5.75 Å². The van der Waals surface area contributed by atoms with Crippen LogP contribution in [0.15, 0.2) is 48.5 Å². The number of carbonyl (C=O) groups excluding carboxylic acids is 1. The Kier molecular flexibility index (Phi) is 4.77. The van der Waals surface area contributed by atoms with Crippen LogP contribution in [0.25, 0.3) is 11.1 Å². The summed E-state index contributed by atoms with van der Waals surface area (Å²) < 4.78 is 10.3. The molecule has 0 aliphatic carbocycles. The number of rotatable bonds is 5. The summed E-state index contributed by atoms with van der Waals surface area (Å²) in [5.41, 5.74) is 3.01. The predicted octanol–water partition coefficient (Wildman–Crippen LogP) is 3.47. The molecule has 0 unspecified atom stereocenters. The molecule has 104 valence electrons. The van der Waals surface area contributed by atoms with Crippen LogP contribution in [0.5, 0.6) is 5.75 Å². The molecule has 0 saturated carbocycles. The van der Waals surface area contributed by atoms with Gasteiger partial charge in [-0.3, -0.25) is 4.79 Å². The maximum atomic E-state index is 11.7. The molecule has 3 nitrogen and oxygen atoms in total. The van der Waals surface area contributed by atoms with Crippen LogP contribution in [0.3, 0.4) is 0 Å². The zero-order valence-corrected chi connectivity index (χ0v) is 11.8. The molecule has 2 rings (SSSR count). The Morgan fingerprint density at radius 3 is 2.45 bits per heavy atom. The van der Waals surface area contributed by atoms with Gasteiger partial charge in [-0.25, -0.2) is 0 Å². The zero-order chi connectivity index (χ0) is 14.4. The summed E-state index contributed by atoms with van der Waals surface area (Å²) in [7, 11) is 1.60. The van der Waals surface area contributed by atoms with Crippen LogP contribution >= 0.6 is 0 Å². The summed E-state index contributed by atoms with van der Waals surface area (Å²) in [5.74, 6) is 0.466. The van der Waals surface area contributed by atoms with Gasteiger partial charge in [0.25, 0.3) is 0 Å². The van der Waals surface area contributed by atoms with Gasteiger partial charge in [-0.15, -0.1) is 0 Å². The van der Waals surface area contributed by atoms with Crippen molar-refractivity contribution >= 4 is 5.97 Å². The first-order chi connectivity index (χ1) is 9.74. The van der Waals surface area contributed by atoms with Gasteiger partial charge in [0.2, 0.25) is 0 Å². The monoisotopic (exact) mass is 270 g/mol. The van der Waals surface area contributed by atoms with E-state index in [1.807, 2.05) is 48.5 Å². The molecule has 20 heavy (non-hydrogen) atoms. The summed E-state index contributed by atoms with van der Waals surface area (Å²) in [6.45, 7) is 2.19. The Hall–Kier alpha value is -2.29. The molecular weight excluding hydrogens is 252 g/mol. The van der Waals surface area contributed by atoms with E-state index in [9.17, 15) is 4.79 Å².